The maximum Gasteiger partial charge on any atom is 0.308 e. The Bertz CT molecular complexity index is 1090. The van der Waals surface area contributed by atoms with Gasteiger partial charge in [-0.2, -0.15) is 4.31 Å². The van der Waals surface area contributed by atoms with E-state index in [1.165, 1.54) is 4.57 Å². The van der Waals surface area contributed by atoms with Gasteiger partial charge in [-0.05, 0) is 37.5 Å². The first kappa shape index (κ1) is 21.5. The summed E-state index contributed by atoms with van der Waals surface area (Å²) in [4.78, 5) is 26.8. The van der Waals surface area contributed by atoms with Gasteiger partial charge < -0.3 is 9.64 Å². The number of piperidine rings is 1. The zero-order valence-electron chi connectivity index (χ0n) is 17.1. The van der Waals surface area contributed by atoms with Gasteiger partial charge in [-0.3, -0.25) is 14.2 Å². The predicted octanol–water partition coefficient (Wildman–Crippen LogP) is 1.88. The summed E-state index contributed by atoms with van der Waals surface area (Å²) in [7, 11) is -3.62. The highest BCUT2D eigenvalue weighted by atomic mass is 32.2. The van der Waals surface area contributed by atoms with E-state index in [0.717, 1.165) is 37.0 Å². The highest BCUT2D eigenvalue weighted by Gasteiger charge is 2.33. The van der Waals surface area contributed by atoms with Crippen molar-refractivity contribution in [3.63, 3.8) is 0 Å². The maximum absolute atomic E-state index is 13.2. The number of hydrogen-bond donors (Lipinski definition) is 0. The van der Waals surface area contributed by atoms with E-state index in [0.29, 0.717) is 43.1 Å². The summed E-state index contributed by atoms with van der Waals surface area (Å²) in [5, 5.41) is 0. The number of nitrogens with zero attached hydrogens (tertiary/aromatic N) is 3. The number of sulfonamides is 1. The van der Waals surface area contributed by atoms with Crippen molar-refractivity contribution in [2.24, 2.45) is 0 Å². The molecular weight excluding hydrogens is 426 g/mol. The molecule has 2 aliphatic rings. The van der Waals surface area contributed by atoms with Gasteiger partial charge in [-0.25, -0.2) is 8.42 Å². The molecule has 164 valence electrons. The van der Waals surface area contributed by atoms with Crippen molar-refractivity contribution in [2.45, 2.75) is 50.1 Å². The van der Waals surface area contributed by atoms with Crippen molar-refractivity contribution in [2.75, 3.05) is 32.8 Å². The Kier molecular flexibility index (Phi) is 6.29. The Morgan fingerprint density at radius 3 is 2.70 bits per heavy atom. The molecule has 0 aliphatic carbocycles. The van der Waals surface area contributed by atoms with Crippen molar-refractivity contribution in [3.05, 3.63) is 27.9 Å². The van der Waals surface area contributed by atoms with Crippen molar-refractivity contribution < 1.29 is 17.9 Å². The van der Waals surface area contributed by atoms with E-state index in [1.54, 1.807) is 27.4 Å². The molecule has 0 bridgehead atoms. The van der Waals surface area contributed by atoms with Crippen LogP contribution < -0.4 is 4.87 Å². The number of aromatic nitrogens is 1. The molecule has 2 aromatic rings. The second-order valence-electron chi connectivity index (χ2n) is 7.75. The van der Waals surface area contributed by atoms with E-state index in [2.05, 4.69) is 0 Å². The van der Waals surface area contributed by atoms with E-state index >= 15 is 0 Å². The molecule has 2 saturated heterocycles. The van der Waals surface area contributed by atoms with Crippen molar-refractivity contribution in [1.29, 1.82) is 0 Å². The average Bonchev–Trinajstić information content (AvgIpc) is 3.08. The Morgan fingerprint density at radius 1 is 1.20 bits per heavy atom. The number of thiazole rings is 1. The van der Waals surface area contributed by atoms with Crippen LogP contribution in [0.5, 0.6) is 0 Å². The molecule has 0 saturated carbocycles. The number of hydrogen-bond acceptors (Lipinski definition) is 6. The molecule has 10 heteroatoms. The van der Waals surface area contributed by atoms with Gasteiger partial charge in [0.1, 0.15) is 6.54 Å². The third kappa shape index (κ3) is 4.05. The number of benzene rings is 1. The SMILES string of the molecule is CC[C@@H]1CCCCN1S(=O)(=O)c1ccc2c(c1)sc(=O)n2CC(=O)N1CCOCC1. The molecule has 0 spiro atoms. The van der Waals surface area contributed by atoms with Crippen LogP contribution in [0.2, 0.25) is 0 Å². The standard InChI is InChI=1S/C20H27N3O5S2/c1-2-15-5-3-4-8-23(15)30(26,27)16-6-7-17-18(13-16)29-20(25)22(17)14-19(24)21-9-11-28-12-10-21/h6-7,13,15H,2-5,8-12,14H2,1H3/t15-/m1/s1. The molecule has 0 radical (unpaired) electrons. The van der Waals surface area contributed by atoms with Crippen LogP contribution in [0.4, 0.5) is 0 Å². The summed E-state index contributed by atoms with van der Waals surface area (Å²) >= 11 is 0.980. The van der Waals surface area contributed by atoms with Crippen molar-refractivity contribution in [1.82, 2.24) is 13.8 Å². The Hall–Kier alpha value is -1.75. The number of amides is 1. The molecule has 30 heavy (non-hydrogen) atoms. The largest absolute Gasteiger partial charge is 0.378 e. The fourth-order valence-electron chi connectivity index (χ4n) is 4.24. The topological polar surface area (TPSA) is 88.9 Å². The summed E-state index contributed by atoms with van der Waals surface area (Å²) in [6.07, 6.45) is 3.58. The lowest BCUT2D eigenvalue weighted by Crippen LogP contribution is -2.43. The second-order valence-corrected chi connectivity index (χ2v) is 10.6. The van der Waals surface area contributed by atoms with Gasteiger partial charge in [0.2, 0.25) is 15.9 Å². The number of ether oxygens (including phenoxy) is 1. The molecule has 2 fully saturated rings. The lowest BCUT2D eigenvalue weighted by Gasteiger charge is -2.34. The number of morpholine rings is 1. The van der Waals surface area contributed by atoms with Gasteiger partial charge in [0.15, 0.2) is 0 Å². The molecule has 0 unspecified atom stereocenters. The van der Waals surface area contributed by atoms with E-state index in [4.69, 9.17) is 4.74 Å². The van der Waals surface area contributed by atoms with Crippen LogP contribution in [0.1, 0.15) is 32.6 Å². The van der Waals surface area contributed by atoms with Gasteiger partial charge in [0, 0.05) is 25.7 Å². The molecule has 4 rings (SSSR count). The summed E-state index contributed by atoms with van der Waals surface area (Å²) in [5.41, 5.74) is 0.594. The zero-order chi connectivity index (χ0) is 21.3. The van der Waals surface area contributed by atoms with Gasteiger partial charge in [-0.1, -0.05) is 24.7 Å². The first-order valence-corrected chi connectivity index (χ1v) is 12.7. The van der Waals surface area contributed by atoms with Crippen molar-refractivity contribution in [3.8, 4) is 0 Å². The molecule has 3 heterocycles. The van der Waals surface area contributed by atoms with Gasteiger partial charge in [-0.15, -0.1) is 0 Å². The normalized spacial score (nSPS) is 21.2. The monoisotopic (exact) mass is 453 g/mol. The quantitative estimate of drug-likeness (QED) is 0.690. The summed E-state index contributed by atoms with van der Waals surface area (Å²) in [6, 6.07) is 4.81. The molecule has 0 N–H and O–H groups in total. The lowest BCUT2D eigenvalue weighted by atomic mass is 10.0. The minimum Gasteiger partial charge on any atom is -0.378 e. The third-order valence-electron chi connectivity index (χ3n) is 5.95. The van der Waals surface area contributed by atoms with Crippen LogP contribution in [0.25, 0.3) is 10.2 Å². The highest BCUT2D eigenvalue weighted by molar-refractivity contribution is 7.89. The fraction of sp³-hybridized carbons (Fsp3) is 0.600. The number of rotatable bonds is 5. The van der Waals surface area contributed by atoms with Gasteiger partial charge in [0.25, 0.3) is 0 Å². The Morgan fingerprint density at radius 2 is 1.97 bits per heavy atom. The highest BCUT2D eigenvalue weighted by Crippen LogP contribution is 2.29. The molecule has 1 aromatic carbocycles. The second kappa shape index (κ2) is 8.78. The smallest absolute Gasteiger partial charge is 0.308 e. The number of carbonyl (C=O) groups excluding carboxylic acids is 1. The minimum absolute atomic E-state index is 0.0222. The average molecular weight is 454 g/mol. The van der Waals surface area contributed by atoms with Crippen LogP contribution in [0.3, 0.4) is 0 Å². The Labute approximate surface area is 180 Å². The molecule has 2 aliphatic heterocycles. The molecule has 8 nitrogen and oxygen atoms in total. The first-order valence-electron chi connectivity index (χ1n) is 10.4. The van der Waals surface area contributed by atoms with E-state index in [1.807, 2.05) is 6.92 Å². The first-order chi connectivity index (χ1) is 14.4. The predicted molar refractivity (Wildman–Crippen MR) is 115 cm³/mol. The number of carbonyl (C=O) groups is 1. The molecular formula is C20H27N3O5S2. The summed E-state index contributed by atoms with van der Waals surface area (Å²) in [5.74, 6) is -0.129. The Balaban J connectivity index is 1.62. The molecule has 1 aromatic heterocycles. The van der Waals surface area contributed by atoms with Gasteiger partial charge in [0.05, 0.1) is 28.3 Å². The van der Waals surface area contributed by atoms with Crippen LogP contribution in [-0.4, -0.2) is 67.0 Å². The van der Waals surface area contributed by atoms with Crippen LogP contribution in [0.15, 0.2) is 27.9 Å². The van der Waals surface area contributed by atoms with E-state index < -0.39 is 10.0 Å². The molecule has 1 atom stereocenters. The van der Waals surface area contributed by atoms with Crippen molar-refractivity contribution >= 4 is 37.5 Å². The maximum atomic E-state index is 13.2. The summed E-state index contributed by atoms with van der Waals surface area (Å²) < 4.78 is 35.4. The van der Waals surface area contributed by atoms with Gasteiger partial charge >= 0.3 is 4.87 Å². The van der Waals surface area contributed by atoms with E-state index in [9.17, 15) is 18.0 Å². The van der Waals surface area contributed by atoms with Crippen LogP contribution in [0, 0.1) is 0 Å². The minimum atomic E-state index is -3.62. The van der Waals surface area contributed by atoms with E-state index in [-0.39, 0.29) is 28.3 Å². The van der Waals surface area contributed by atoms with Crippen LogP contribution >= 0.6 is 11.3 Å². The fourth-order valence-corrected chi connectivity index (χ4v) is 7.04. The zero-order valence-corrected chi connectivity index (χ0v) is 18.7. The summed E-state index contributed by atoms with van der Waals surface area (Å²) in [6.45, 7) is 4.54. The number of fused-ring (bicyclic) bond motifs is 1. The third-order valence-corrected chi connectivity index (χ3v) is 8.84. The lowest BCUT2D eigenvalue weighted by molar-refractivity contribution is -0.135. The molecule has 1 amide bonds. The van der Waals surface area contributed by atoms with Crippen LogP contribution in [-0.2, 0) is 26.1 Å².